The van der Waals surface area contributed by atoms with Crippen molar-refractivity contribution in [1.29, 1.82) is 0 Å². The first-order chi connectivity index (χ1) is 8.11. The van der Waals surface area contributed by atoms with Crippen LogP contribution in [0.5, 0.6) is 0 Å². The molecular weight excluding hydrogens is 222 g/mol. The Labute approximate surface area is 97.2 Å². The highest BCUT2D eigenvalue weighted by Gasteiger charge is 2.13. The number of anilines is 1. The molecule has 2 heterocycles. The summed E-state index contributed by atoms with van der Waals surface area (Å²) in [6.07, 6.45) is 2.92. The molecule has 0 bridgehead atoms. The van der Waals surface area contributed by atoms with Crippen molar-refractivity contribution in [1.82, 2.24) is 19.7 Å². The molecule has 88 valence electrons. The number of rotatable bonds is 2. The van der Waals surface area contributed by atoms with Gasteiger partial charge >= 0.3 is 5.97 Å². The third-order valence-corrected chi connectivity index (χ3v) is 2.15. The van der Waals surface area contributed by atoms with Crippen molar-refractivity contribution in [2.24, 2.45) is 0 Å². The lowest BCUT2D eigenvalue weighted by molar-refractivity contribution is 0.0587. The van der Waals surface area contributed by atoms with Crippen LogP contribution in [0.4, 0.5) is 5.69 Å². The standard InChI is InChI=1S/C10H11N5O2/c1-6-3-7(11)4-12-9(6)15-5-13-8(14-15)10(16)17-2/h3-5H,11H2,1-2H3. The fourth-order valence-electron chi connectivity index (χ4n) is 1.38. The fraction of sp³-hybridized carbons (Fsp3) is 0.200. The van der Waals surface area contributed by atoms with Gasteiger partial charge in [-0.2, -0.15) is 0 Å². The highest BCUT2D eigenvalue weighted by atomic mass is 16.5. The minimum absolute atomic E-state index is 0.00877. The molecule has 0 aliphatic carbocycles. The van der Waals surface area contributed by atoms with Gasteiger partial charge in [0.1, 0.15) is 6.33 Å². The summed E-state index contributed by atoms with van der Waals surface area (Å²) in [4.78, 5) is 19.2. The SMILES string of the molecule is COC(=O)c1ncn(-c2ncc(N)cc2C)n1. The number of pyridine rings is 1. The summed E-state index contributed by atoms with van der Waals surface area (Å²) in [5.74, 6) is -0.0239. The summed E-state index contributed by atoms with van der Waals surface area (Å²) in [6.45, 7) is 1.85. The number of hydrogen-bond donors (Lipinski definition) is 1. The Balaban J connectivity index is 2.40. The number of nitrogens with zero attached hydrogens (tertiary/aromatic N) is 4. The molecule has 0 unspecified atom stereocenters. The van der Waals surface area contributed by atoms with E-state index in [1.165, 1.54) is 24.3 Å². The zero-order valence-corrected chi connectivity index (χ0v) is 9.41. The first-order valence-corrected chi connectivity index (χ1v) is 4.84. The third-order valence-electron chi connectivity index (χ3n) is 2.15. The van der Waals surface area contributed by atoms with E-state index < -0.39 is 5.97 Å². The molecule has 0 aliphatic heterocycles. The molecule has 7 heteroatoms. The minimum Gasteiger partial charge on any atom is -0.463 e. The van der Waals surface area contributed by atoms with Crippen molar-refractivity contribution >= 4 is 11.7 Å². The molecule has 0 fully saturated rings. The molecule has 0 amide bonds. The van der Waals surface area contributed by atoms with Crippen LogP contribution in [0, 0.1) is 6.92 Å². The number of hydrogen-bond acceptors (Lipinski definition) is 6. The summed E-state index contributed by atoms with van der Waals surface area (Å²) < 4.78 is 5.92. The van der Waals surface area contributed by atoms with E-state index in [1.807, 2.05) is 6.92 Å². The van der Waals surface area contributed by atoms with Crippen LogP contribution in [0.2, 0.25) is 0 Å². The van der Waals surface area contributed by atoms with Crippen molar-refractivity contribution in [2.75, 3.05) is 12.8 Å². The van der Waals surface area contributed by atoms with E-state index in [2.05, 4.69) is 19.8 Å². The van der Waals surface area contributed by atoms with Gasteiger partial charge in [0.05, 0.1) is 19.0 Å². The lowest BCUT2D eigenvalue weighted by atomic mass is 10.3. The number of methoxy groups -OCH3 is 1. The number of aryl methyl sites for hydroxylation is 1. The maximum Gasteiger partial charge on any atom is 0.377 e. The second kappa shape index (κ2) is 4.20. The summed E-state index contributed by atoms with van der Waals surface area (Å²) in [5.41, 5.74) is 7.01. The molecule has 2 rings (SSSR count). The van der Waals surface area contributed by atoms with Gasteiger partial charge < -0.3 is 10.5 Å². The van der Waals surface area contributed by atoms with Gasteiger partial charge in [-0.15, -0.1) is 5.10 Å². The van der Waals surface area contributed by atoms with Gasteiger partial charge in [0.25, 0.3) is 5.82 Å². The topological polar surface area (TPSA) is 95.9 Å². The van der Waals surface area contributed by atoms with Crippen molar-refractivity contribution in [3.05, 3.63) is 30.0 Å². The molecule has 0 spiro atoms. The second-order valence-corrected chi connectivity index (χ2v) is 3.41. The monoisotopic (exact) mass is 233 g/mol. The number of nitrogens with two attached hydrogens (primary N) is 1. The molecule has 17 heavy (non-hydrogen) atoms. The molecule has 2 aromatic heterocycles. The molecule has 0 aromatic carbocycles. The van der Waals surface area contributed by atoms with Crippen LogP contribution in [0.15, 0.2) is 18.6 Å². The van der Waals surface area contributed by atoms with Gasteiger partial charge in [-0.3, -0.25) is 0 Å². The molecule has 0 saturated heterocycles. The van der Waals surface area contributed by atoms with Crippen LogP contribution in [-0.2, 0) is 4.74 Å². The number of nitrogen functional groups attached to an aromatic ring is 1. The number of carbonyl (C=O) groups excluding carboxylic acids is 1. The fourth-order valence-corrected chi connectivity index (χ4v) is 1.38. The quantitative estimate of drug-likeness (QED) is 0.751. The van der Waals surface area contributed by atoms with Crippen LogP contribution < -0.4 is 5.73 Å². The van der Waals surface area contributed by atoms with Crippen LogP contribution in [0.25, 0.3) is 5.82 Å². The first-order valence-electron chi connectivity index (χ1n) is 4.84. The number of ether oxygens (including phenoxy) is 1. The zero-order valence-electron chi connectivity index (χ0n) is 9.41. The number of carbonyl (C=O) groups is 1. The second-order valence-electron chi connectivity index (χ2n) is 3.41. The van der Waals surface area contributed by atoms with Crippen LogP contribution >= 0.6 is 0 Å². The first kappa shape index (κ1) is 11.1. The molecule has 0 atom stereocenters. The van der Waals surface area contributed by atoms with Gasteiger partial charge in [-0.05, 0) is 18.6 Å². The average molecular weight is 233 g/mol. The van der Waals surface area contributed by atoms with Gasteiger partial charge in [0.15, 0.2) is 5.82 Å². The van der Waals surface area contributed by atoms with Crippen molar-refractivity contribution < 1.29 is 9.53 Å². The Morgan fingerprint density at radius 2 is 2.24 bits per heavy atom. The maximum absolute atomic E-state index is 11.2. The summed E-state index contributed by atoms with van der Waals surface area (Å²) in [5, 5.41) is 3.97. The molecule has 0 aliphatic rings. The van der Waals surface area contributed by atoms with Crippen molar-refractivity contribution in [3.63, 3.8) is 0 Å². The molecule has 0 radical (unpaired) electrons. The summed E-state index contributed by atoms with van der Waals surface area (Å²) in [6, 6.07) is 1.77. The van der Waals surface area contributed by atoms with Gasteiger partial charge in [-0.25, -0.2) is 19.4 Å². The Kier molecular flexibility index (Phi) is 2.73. The average Bonchev–Trinajstić information content (AvgIpc) is 2.77. The van der Waals surface area contributed by atoms with Crippen LogP contribution in [0.1, 0.15) is 16.2 Å². The highest BCUT2D eigenvalue weighted by Crippen LogP contribution is 2.12. The van der Waals surface area contributed by atoms with E-state index in [0.29, 0.717) is 11.5 Å². The predicted octanol–water partition coefficient (Wildman–Crippen LogP) is 0.340. The van der Waals surface area contributed by atoms with Crippen molar-refractivity contribution in [2.45, 2.75) is 6.92 Å². The van der Waals surface area contributed by atoms with E-state index in [9.17, 15) is 4.79 Å². The van der Waals surface area contributed by atoms with E-state index in [-0.39, 0.29) is 5.82 Å². The van der Waals surface area contributed by atoms with Gasteiger partial charge in [0.2, 0.25) is 0 Å². The predicted molar refractivity (Wildman–Crippen MR) is 59.6 cm³/mol. The van der Waals surface area contributed by atoms with E-state index in [1.54, 1.807) is 6.07 Å². The summed E-state index contributed by atoms with van der Waals surface area (Å²) in [7, 11) is 1.27. The molecule has 2 aromatic rings. The third kappa shape index (κ3) is 2.07. The normalized spacial score (nSPS) is 10.2. The van der Waals surface area contributed by atoms with Crippen molar-refractivity contribution in [3.8, 4) is 5.82 Å². The number of esters is 1. The van der Waals surface area contributed by atoms with Gasteiger partial charge in [-0.1, -0.05) is 0 Å². The summed E-state index contributed by atoms with van der Waals surface area (Å²) >= 11 is 0. The Morgan fingerprint density at radius 1 is 1.47 bits per heavy atom. The van der Waals surface area contributed by atoms with E-state index in [4.69, 9.17) is 5.73 Å². The number of aromatic nitrogens is 4. The van der Waals surface area contributed by atoms with E-state index >= 15 is 0 Å². The Bertz CT molecular complexity index is 564. The van der Waals surface area contributed by atoms with Crippen LogP contribution in [-0.4, -0.2) is 32.8 Å². The highest BCUT2D eigenvalue weighted by molar-refractivity contribution is 5.84. The molecule has 0 saturated carbocycles. The Hall–Kier alpha value is -2.44. The zero-order chi connectivity index (χ0) is 12.4. The largest absolute Gasteiger partial charge is 0.463 e. The smallest absolute Gasteiger partial charge is 0.377 e. The molecule has 2 N–H and O–H groups in total. The lowest BCUT2D eigenvalue weighted by Crippen LogP contribution is -2.06. The molecular formula is C10H11N5O2. The molecule has 7 nitrogen and oxygen atoms in total. The van der Waals surface area contributed by atoms with Gasteiger partial charge in [0, 0.05) is 0 Å². The maximum atomic E-state index is 11.2. The lowest BCUT2D eigenvalue weighted by Gasteiger charge is -2.03. The van der Waals surface area contributed by atoms with E-state index in [0.717, 1.165) is 5.56 Å². The Morgan fingerprint density at radius 3 is 2.88 bits per heavy atom. The minimum atomic E-state index is -0.586. The van der Waals surface area contributed by atoms with Crippen LogP contribution in [0.3, 0.4) is 0 Å².